The first kappa shape index (κ1) is 22.1. The van der Waals surface area contributed by atoms with Crippen molar-refractivity contribution in [2.75, 3.05) is 19.7 Å². The second-order valence-electron chi connectivity index (χ2n) is 6.82. The van der Waals surface area contributed by atoms with Gasteiger partial charge in [-0.15, -0.1) is 0 Å². The largest absolute Gasteiger partial charge is 0.395 e. The van der Waals surface area contributed by atoms with Crippen molar-refractivity contribution in [3.8, 4) is 0 Å². The number of nitrogens with zero attached hydrogens (tertiary/aromatic N) is 1. The number of hydrogen-bond acceptors (Lipinski definition) is 3. The first-order chi connectivity index (χ1) is 10.1. The van der Waals surface area contributed by atoms with Crippen LogP contribution in [0.15, 0.2) is 0 Å². The Hall–Kier alpha value is 0.109. The zero-order valence-electron chi connectivity index (χ0n) is 14.5. The molecule has 22 heavy (non-hydrogen) atoms. The van der Waals surface area contributed by atoms with Crippen LogP contribution in [0.5, 0.6) is 0 Å². The minimum Gasteiger partial charge on any atom is -0.395 e. The standard InChI is InChI=1S/C13H25NO2.C5H10.Fe/c1-11(2)14(9-10-15)8-7-13(16)12-5-3-4-6-12;1-2-4-5-3-1;/h11-12,15H,3-10H2,1-2H3;1-5H2;. The molecule has 0 heterocycles. The third-order valence-corrected chi connectivity index (χ3v) is 4.82. The number of hydrogen-bond donors (Lipinski definition) is 1. The van der Waals surface area contributed by atoms with E-state index in [9.17, 15) is 4.79 Å². The Morgan fingerprint density at radius 2 is 1.50 bits per heavy atom. The molecule has 0 aromatic carbocycles. The fourth-order valence-corrected chi connectivity index (χ4v) is 3.35. The van der Waals surface area contributed by atoms with Crippen LogP contribution in [0.25, 0.3) is 0 Å². The second kappa shape index (κ2) is 13.5. The molecule has 0 atom stereocenters. The molecule has 0 bridgehead atoms. The van der Waals surface area contributed by atoms with Gasteiger partial charge in [-0.1, -0.05) is 44.9 Å². The first-order valence-corrected chi connectivity index (χ1v) is 9.02. The van der Waals surface area contributed by atoms with E-state index in [0.717, 1.165) is 19.4 Å². The quantitative estimate of drug-likeness (QED) is 0.708. The Morgan fingerprint density at radius 1 is 1.00 bits per heavy atom. The fourth-order valence-electron chi connectivity index (χ4n) is 3.35. The smallest absolute Gasteiger partial charge is 0.137 e. The number of carbonyl (C=O) groups is 1. The van der Waals surface area contributed by atoms with Gasteiger partial charge in [0.25, 0.3) is 0 Å². The van der Waals surface area contributed by atoms with Gasteiger partial charge in [0.2, 0.25) is 0 Å². The third-order valence-electron chi connectivity index (χ3n) is 4.82. The summed E-state index contributed by atoms with van der Waals surface area (Å²) in [5, 5.41) is 8.94. The van der Waals surface area contributed by atoms with Gasteiger partial charge in [-0.3, -0.25) is 9.69 Å². The van der Waals surface area contributed by atoms with Gasteiger partial charge in [0, 0.05) is 48.5 Å². The van der Waals surface area contributed by atoms with Crippen molar-refractivity contribution >= 4 is 5.78 Å². The van der Waals surface area contributed by atoms with E-state index < -0.39 is 0 Å². The maximum absolute atomic E-state index is 11.9. The monoisotopic (exact) mass is 353 g/mol. The number of carbonyl (C=O) groups excluding carboxylic acids is 1. The van der Waals surface area contributed by atoms with E-state index in [0.29, 0.717) is 30.7 Å². The zero-order valence-corrected chi connectivity index (χ0v) is 15.6. The van der Waals surface area contributed by atoms with Gasteiger partial charge in [-0.25, -0.2) is 0 Å². The molecule has 2 aliphatic carbocycles. The number of aliphatic hydroxyl groups excluding tert-OH is 1. The molecular formula is C18H35FeNO2. The molecule has 3 nitrogen and oxygen atoms in total. The van der Waals surface area contributed by atoms with Crippen molar-refractivity contribution in [3.05, 3.63) is 0 Å². The molecule has 1 N–H and O–H groups in total. The van der Waals surface area contributed by atoms with E-state index in [1.54, 1.807) is 0 Å². The summed E-state index contributed by atoms with van der Waals surface area (Å²) in [6, 6.07) is 0.406. The predicted molar refractivity (Wildman–Crippen MR) is 88.5 cm³/mol. The average Bonchev–Trinajstić information content (AvgIpc) is 3.18. The molecule has 0 saturated heterocycles. The number of Topliss-reactive ketones (excluding diaryl/α,β-unsaturated/α-hetero) is 1. The van der Waals surface area contributed by atoms with Crippen LogP contribution in [0.1, 0.15) is 78.1 Å². The number of rotatable bonds is 7. The van der Waals surface area contributed by atoms with Crippen molar-refractivity contribution in [3.63, 3.8) is 0 Å². The predicted octanol–water partition coefficient (Wildman–Crippen LogP) is 3.79. The topological polar surface area (TPSA) is 40.5 Å². The van der Waals surface area contributed by atoms with Crippen molar-refractivity contribution in [2.45, 2.75) is 84.1 Å². The molecule has 0 amide bonds. The molecule has 132 valence electrons. The Morgan fingerprint density at radius 3 is 1.91 bits per heavy atom. The molecular weight excluding hydrogens is 318 g/mol. The van der Waals surface area contributed by atoms with Crippen molar-refractivity contribution in [1.82, 2.24) is 4.90 Å². The molecule has 2 saturated carbocycles. The summed E-state index contributed by atoms with van der Waals surface area (Å²) in [7, 11) is 0. The number of ketones is 1. The van der Waals surface area contributed by atoms with Crippen LogP contribution < -0.4 is 0 Å². The summed E-state index contributed by atoms with van der Waals surface area (Å²) in [6.07, 6.45) is 12.8. The molecule has 4 heteroatoms. The van der Waals surface area contributed by atoms with Gasteiger partial charge in [0.05, 0.1) is 6.61 Å². The minimum absolute atomic E-state index is 0. The fraction of sp³-hybridized carbons (Fsp3) is 0.944. The van der Waals surface area contributed by atoms with E-state index in [1.807, 2.05) is 0 Å². The van der Waals surface area contributed by atoms with Gasteiger partial charge in [-0.05, 0) is 26.7 Å². The molecule has 0 spiro atoms. The Kier molecular flexibility index (Phi) is 13.6. The Balaban J connectivity index is 0.000000622. The first-order valence-electron chi connectivity index (χ1n) is 9.02. The van der Waals surface area contributed by atoms with E-state index in [2.05, 4.69) is 18.7 Å². The maximum atomic E-state index is 11.9. The molecule has 2 rings (SSSR count). The van der Waals surface area contributed by atoms with Gasteiger partial charge < -0.3 is 5.11 Å². The van der Waals surface area contributed by atoms with Crippen molar-refractivity contribution < 1.29 is 27.0 Å². The Labute approximate surface area is 147 Å². The number of aliphatic hydroxyl groups is 1. The molecule has 0 radical (unpaired) electrons. The van der Waals surface area contributed by atoms with Crippen LogP contribution in [-0.4, -0.2) is 41.5 Å². The summed E-state index contributed by atoms with van der Waals surface area (Å²) in [6.45, 7) is 5.87. The van der Waals surface area contributed by atoms with Crippen molar-refractivity contribution in [2.24, 2.45) is 5.92 Å². The van der Waals surface area contributed by atoms with Crippen LogP contribution >= 0.6 is 0 Å². The minimum atomic E-state index is 0. The normalized spacial score (nSPS) is 18.2. The second-order valence-corrected chi connectivity index (χ2v) is 6.82. The molecule has 2 aliphatic rings. The maximum Gasteiger partial charge on any atom is 0.137 e. The van der Waals surface area contributed by atoms with Crippen LogP contribution in [0, 0.1) is 5.92 Å². The summed E-state index contributed by atoms with van der Waals surface area (Å²) in [5.74, 6) is 0.768. The molecule has 0 unspecified atom stereocenters. The van der Waals surface area contributed by atoms with Crippen LogP contribution in [0.4, 0.5) is 0 Å². The Bertz CT molecular complexity index is 267. The zero-order chi connectivity index (χ0) is 15.5. The van der Waals surface area contributed by atoms with Gasteiger partial charge in [0.15, 0.2) is 0 Å². The van der Waals surface area contributed by atoms with E-state index in [-0.39, 0.29) is 23.7 Å². The summed E-state index contributed by atoms with van der Waals surface area (Å²) >= 11 is 0. The molecule has 0 aromatic rings. The van der Waals surface area contributed by atoms with Gasteiger partial charge in [-0.2, -0.15) is 0 Å². The summed E-state index contributed by atoms with van der Waals surface area (Å²) in [5.41, 5.74) is 0. The third kappa shape index (κ3) is 9.29. The van der Waals surface area contributed by atoms with E-state index >= 15 is 0 Å². The van der Waals surface area contributed by atoms with Crippen molar-refractivity contribution in [1.29, 1.82) is 0 Å². The summed E-state index contributed by atoms with van der Waals surface area (Å²) < 4.78 is 0. The van der Waals surface area contributed by atoms with Crippen LogP contribution in [-0.2, 0) is 21.9 Å². The molecule has 0 aromatic heterocycles. The SMILES string of the molecule is C1CCCC1.CC(C)N(CCO)CCC(=O)C1CCCC1.[Fe]. The summed E-state index contributed by atoms with van der Waals surface area (Å²) in [4.78, 5) is 14.1. The van der Waals surface area contributed by atoms with E-state index in [4.69, 9.17) is 5.11 Å². The van der Waals surface area contributed by atoms with Gasteiger partial charge in [0.1, 0.15) is 5.78 Å². The average molecular weight is 353 g/mol. The van der Waals surface area contributed by atoms with Crippen LogP contribution in [0.3, 0.4) is 0 Å². The van der Waals surface area contributed by atoms with E-state index in [1.165, 1.54) is 44.9 Å². The van der Waals surface area contributed by atoms with Gasteiger partial charge >= 0.3 is 0 Å². The van der Waals surface area contributed by atoms with Crippen LogP contribution in [0.2, 0.25) is 0 Å². The molecule has 0 aliphatic heterocycles. The molecule has 2 fully saturated rings.